The van der Waals surface area contributed by atoms with E-state index in [-0.39, 0.29) is 11.7 Å². The number of hydrogen-bond acceptors (Lipinski definition) is 6. The summed E-state index contributed by atoms with van der Waals surface area (Å²) in [5.41, 5.74) is 2.28. The highest BCUT2D eigenvalue weighted by Crippen LogP contribution is 2.32. The quantitative estimate of drug-likeness (QED) is 0.424. The molecule has 10 heteroatoms. The first-order valence-corrected chi connectivity index (χ1v) is 12.1. The van der Waals surface area contributed by atoms with E-state index in [9.17, 15) is 8.42 Å². The van der Waals surface area contributed by atoms with Crippen molar-refractivity contribution in [2.45, 2.75) is 31.7 Å². The normalized spacial score (nSPS) is 19.6. The van der Waals surface area contributed by atoms with Gasteiger partial charge in [-0.2, -0.15) is 5.10 Å². The van der Waals surface area contributed by atoms with Crippen molar-refractivity contribution in [3.63, 3.8) is 0 Å². The molecule has 0 saturated heterocycles. The van der Waals surface area contributed by atoms with Crippen molar-refractivity contribution < 1.29 is 8.42 Å². The second-order valence-corrected chi connectivity index (χ2v) is 10.0. The molecule has 0 bridgehead atoms. The number of hydrogen-bond donors (Lipinski definition) is 3. The molecule has 3 N–H and O–H groups in total. The van der Waals surface area contributed by atoms with E-state index in [2.05, 4.69) is 41.8 Å². The van der Waals surface area contributed by atoms with Gasteiger partial charge in [-0.3, -0.25) is 9.82 Å². The van der Waals surface area contributed by atoms with Gasteiger partial charge in [-0.05, 0) is 55.9 Å². The van der Waals surface area contributed by atoms with Crippen LogP contribution in [0.1, 0.15) is 25.7 Å². The third-order valence-corrected chi connectivity index (χ3v) is 7.66. The third kappa shape index (κ3) is 4.07. The van der Waals surface area contributed by atoms with E-state index in [1.165, 1.54) is 0 Å². The van der Waals surface area contributed by atoms with Crippen molar-refractivity contribution in [2.24, 2.45) is 5.92 Å². The van der Waals surface area contributed by atoms with E-state index in [1.54, 1.807) is 24.7 Å². The molecule has 0 atom stereocenters. The summed E-state index contributed by atoms with van der Waals surface area (Å²) in [4.78, 5) is 14.1. The van der Waals surface area contributed by atoms with Gasteiger partial charge in [0.05, 0.1) is 22.9 Å². The number of aromatic nitrogens is 5. The first-order chi connectivity index (χ1) is 15.0. The van der Waals surface area contributed by atoms with Crippen LogP contribution in [0.4, 0.5) is 11.5 Å². The van der Waals surface area contributed by atoms with E-state index >= 15 is 0 Å². The van der Waals surface area contributed by atoms with Crippen LogP contribution in [-0.2, 0) is 10.0 Å². The molecule has 1 aliphatic carbocycles. The second-order valence-electron chi connectivity index (χ2n) is 8.28. The van der Waals surface area contributed by atoms with E-state index in [1.807, 2.05) is 18.3 Å². The number of H-pyrrole nitrogens is 2. The Balaban J connectivity index is 1.20. The lowest BCUT2D eigenvalue weighted by Crippen LogP contribution is -2.37. The largest absolute Gasteiger partial charge is 0.356 e. The fraction of sp³-hybridized carbons (Fsp3) is 0.381. The molecule has 1 saturated carbocycles. The van der Waals surface area contributed by atoms with Crippen molar-refractivity contribution in [1.29, 1.82) is 0 Å². The second kappa shape index (κ2) is 7.84. The molecule has 1 fully saturated rings. The van der Waals surface area contributed by atoms with Crippen molar-refractivity contribution in [3.8, 4) is 0 Å². The molecule has 0 radical (unpaired) electrons. The van der Waals surface area contributed by atoms with Crippen molar-refractivity contribution in [3.05, 3.63) is 43.0 Å². The molecular formula is C21H25N7O2S. The molecule has 0 unspecified atom stereocenters. The molecule has 3 aromatic heterocycles. The first kappa shape index (κ1) is 19.8. The first-order valence-electron chi connectivity index (χ1n) is 10.4. The van der Waals surface area contributed by atoms with Crippen LogP contribution in [0, 0.1) is 5.92 Å². The number of rotatable bonds is 6. The maximum atomic E-state index is 12.7. The Morgan fingerprint density at radius 1 is 1.16 bits per heavy atom. The molecule has 31 heavy (non-hydrogen) atoms. The summed E-state index contributed by atoms with van der Waals surface area (Å²) in [5, 5.41) is 8.73. The molecule has 0 aliphatic heterocycles. The smallest absolute Gasteiger partial charge is 0.232 e. The molecule has 9 nitrogen and oxygen atoms in total. The lowest BCUT2D eigenvalue weighted by atomic mass is 9.86. The van der Waals surface area contributed by atoms with Gasteiger partial charge in [0.2, 0.25) is 10.0 Å². The predicted octanol–water partition coefficient (Wildman–Crippen LogP) is 3.27. The average molecular weight is 440 g/mol. The van der Waals surface area contributed by atoms with Gasteiger partial charge in [0.25, 0.3) is 0 Å². The third-order valence-electron chi connectivity index (χ3n) is 6.20. The number of nitrogens with zero attached hydrogens (tertiary/aromatic N) is 4. The SMILES string of the molecule is CN(c1ncnc2[nH]ccc12)[C@H]1CC[C@H](CS(=O)(=O)Nc2ccc3[nH]ncc3c2)CC1. The van der Waals surface area contributed by atoms with E-state index in [0.717, 1.165) is 53.4 Å². The number of sulfonamides is 1. The zero-order valence-corrected chi connectivity index (χ0v) is 18.1. The minimum Gasteiger partial charge on any atom is -0.356 e. The Morgan fingerprint density at radius 3 is 2.84 bits per heavy atom. The van der Waals surface area contributed by atoms with Gasteiger partial charge in [-0.1, -0.05) is 0 Å². The standard InChI is InChI=1S/C21H25N7O2S/c1-28(21-18-8-9-22-20(18)23-13-24-21)17-5-2-14(3-6-17)12-31(29,30)27-16-4-7-19-15(10-16)11-25-26-19/h4,7-11,13-14,17,27H,2-3,5-6,12H2,1H3,(H,25,26)(H,22,23,24)/t14-,17-. The summed E-state index contributed by atoms with van der Waals surface area (Å²) in [5.74, 6) is 1.21. The maximum absolute atomic E-state index is 12.7. The number of nitrogens with one attached hydrogen (secondary N) is 3. The zero-order chi connectivity index (χ0) is 21.4. The summed E-state index contributed by atoms with van der Waals surface area (Å²) < 4.78 is 28.2. The summed E-state index contributed by atoms with van der Waals surface area (Å²) >= 11 is 0. The molecule has 1 aliphatic rings. The van der Waals surface area contributed by atoms with Crippen LogP contribution in [0.5, 0.6) is 0 Å². The van der Waals surface area contributed by atoms with Crippen molar-refractivity contribution in [1.82, 2.24) is 25.1 Å². The van der Waals surface area contributed by atoms with Crippen LogP contribution in [0.3, 0.4) is 0 Å². The Hall–Kier alpha value is -3.14. The van der Waals surface area contributed by atoms with E-state index in [4.69, 9.17) is 0 Å². The molecule has 162 valence electrons. The van der Waals surface area contributed by atoms with Gasteiger partial charge in [-0.15, -0.1) is 0 Å². The minimum absolute atomic E-state index is 0.141. The number of benzene rings is 1. The molecule has 0 amide bonds. The number of fused-ring (bicyclic) bond motifs is 2. The van der Waals surface area contributed by atoms with Crippen LogP contribution in [0.15, 0.2) is 43.0 Å². The Kier molecular flexibility index (Phi) is 5.01. The van der Waals surface area contributed by atoms with Gasteiger partial charge < -0.3 is 9.88 Å². The van der Waals surface area contributed by atoms with Crippen LogP contribution in [0.2, 0.25) is 0 Å². The van der Waals surface area contributed by atoms with E-state index in [0.29, 0.717) is 11.7 Å². The molecule has 4 aromatic rings. The molecule has 0 spiro atoms. The van der Waals surface area contributed by atoms with Gasteiger partial charge in [-0.25, -0.2) is 18.4 Å². The van der Waals surface area contributed by atoms with Gasteiger partial charge in [0.15, 0.2) is 0 Å². The van der Waals surface area contributed by atoms with Gasteiger partial charge in [0.1, 0.15) is 17.8 Å². The summed E-state index contributed by atoms with van der Waals surface area (Å²) in [6.07, 6.45) is 8.76. The number of aromatic amines is 2. The van der Waals surface area contributed by atoms with Gasteiger partial charge >= 0.3 is 0 Å². The van der Waals surface area contributed by atoms with Crippen molar-refractivity contribution in [2.75, 3.05) is 22.4 Å². The summed E-state index contributed by atoms with van der Waals surface area (Å²) in [7, 11) is -1.36. The van der Waals surface area contributed by atoms with Crippen LogP contribution >= 0.6 is 0 Å². The highest BCUT2D eigenvalue weighted by Gasteiger charge is 2.28. The summed E-state index contributed by atoms with van der Waals surface area (Å²) in [6, 6.07) is 7.71. The molecular weight excluding hydrogens is 414 g/mol. The number of anilines is 2. The Morgan fingerprint density at radius 2 is 2.00 bits per heavy atom. The Bertz CT molecular complexity index is 1310. The van der Waals surface area contributed by atoms with E-state index < -0.39 is 10.0 Å². The Labute approximate surface area is 180 Å². The fourth-order valence-electron chi connectivity index (χ4n) is 4.55. The predicted molar refractivity (Wildman–Crippen MR) is 122 cm³/mol. The highest BCUT2D eigenvalue weighted by molar-refractivity contribution is 7.92. The maximum Gasteiger partial charge on any atom is 0.232 e. The monoisotopic (exact) mass is 439 g/mol. The molecule has 5 rings (SSSR count). The lowest BCUT2D eigenvalue weighted by molar-refractivity contribution is 0.341. The van der Waals surface area contributed by atoms with Crippen LogP contribution < -0.4 is 9.62 Å². The topological polar surface area (TPSA) is 120 Å². The summed E-state index contributed by atoms with van der Waals surface area (Å²) in [6.45, 7) is 0. The van der Waals surface area contributed by atoms with Crippen LogP contribution in [-0.4, -0.2) is 52.4 Å². The average Bonchev–Trinajstić information content (AvgIpc) is 3.42. The lowest BCUT2D eigenvalue weighted by Gasteiger charge is -2.35. The van der Waals surface area contributed by atoms with Gasteiger partial charge in [0, 0.05) is 30.4 Å². The highest BCUT2D eigenvalue weighted by atomic mass is 32.2. The zero-order valence-electron chi connectivity index (χ0n) is 17.2. The molecule has 1 aromatic carbocycles. The molecule has 3 heterocycles. The fourth-order valence-corrected chi connectivity index (χ4v) is 6.07. The minimum atomic E-state index is -3.42. The van der Waals surface area contributed by atoms with Crippen molar-refractivity contribution >= 4 is 43.5 Å². The van der Waals surface area contributed by atoms with Crippen LogP contribution in [0.25, 0.3) is 21.9 Å².